The molecular weight excluding hydrogens is 305 g/mol. The Morgan fingerprint density at radius 2 is 1.89 bits per heavy atom. The summed E-state index contributed by atoms with van der Waals surface area (Å²) >= 11 is 0. The van der Waals surface area contributed by atoms with Gasteiger partial charge >= 0.3 is 6.09 Å². The number of hydrogen-bond donors (Lipinski definition) is 0. The Morgan fingerprint density at radius 1 is 1.33 bits per heavy atom. The molecule has 1 amide bonds. The molecule has 4 nitrogen and oxygen atoms in total. The van der Waals surface area contributed by atoms with Crippen LogP contribution in [-0.4, -0.2) is 47.7 Å². The molecule has 18 heavy (non-hydrogen) atoms. The van der Waals surface area contributed by atoms with Crippen LogP contribution in [0.25, 0.3) is 0 Å². The first-order valence-corrected chi connectivity index (χ1v) is 6.01. The zero-order chi connectivity index (χ0) is 12.9. The summed E-state index contributed by atoms with van der Waals surface area (Å²) in [5.41, 5.74) is -0.422. The molecule has 1 saturated heterocycles. The number of ether oxygens (including phenoxy) is 1. The van der Waals surface area contributed by atoms with Crippen LogP contribution in [0.5, 0.6) is 0 Å². The molecule has 0 spiro atoms. The number of carbonyl (C=O) groups is 1. The topological polar surface area (TPSA) is 32.8 Å². The SMILES string of the molecule is [CH-]=CC[CH-]N1CCN(C(=O)OC(C)(C)C)CC1.[Y]. The summed E-state index contributed by atoms with van der Waals surface area (Å²) < 4.78 is 5.33. The van der Waals surface area contributed by atoms with E-state index in [9.17, 15) is 4.79 Å². The third kappa shape index (κ3) is 6.86. The zero-order valence-electron chi connectivity index (χ0n) is 11.6. The minimum Gasteiger partial charge on any atom is -0.520 e. The van der Waals surface area contributed by atoms with Gasteiger partial charge in [-0.2, -0.15) is 6.42 Å². The minimum absolute atomic E-state index is 0. The van der Waals surface area contributed by atoms with Gasteiger partial charge in [0.1, 0.15) is 5.60 Å². The maximum atomic E-state index is 11.8. The molecule has 1 rings (SSSR count). The first-order chi connectivity index (χ1) is 7.92. The second-order valence-electron chi connectivity index (χ2n) is 5.16. The molecule has 0 bridgehead atoms. The Morgan fingerprint density at radius 3 is 2.33 bits per heavy atom. The van der Waals surface area contributed by atoms with Gasteiger partial charge in [0.2, 0.25) is 0 Å². The normalized spacial score (nSPS) is 16.9. The van der Waals surface area contributed by atoms with Gasteiger partial charge < -0.3 is 27.2 Å². The van der Waals surface area contributed by atoms with Crippen molar-refractivity contribution in [3.63, 3.8) is 0 Å². The molecule has 0 aromatic carbocycles. The quantitative estimate of drug-likeness (QED) is 0.744. The third-order valence-electron chi connectivity index (χ3n) is 2.47. The Labute approximate surface area is 136 Å². The number of carbonyl (C=O) groups excluding carboxylic acids is 1. The van der Waals surface area contributed by atoms with Crippen LogP contribution in [0.2, 0.25) is 0 Å². The molecule has 0 aromatic rings. The van der Waals surface area contributed by atoms with Gasteiger partial charge in [-0.1, -0.05) is 0 Å². The molecule has 0 saturated carbocycles. The van der Waals surface area contributed by atoms with E-state index in [0.29, 0.717) is 13.1 Å². The molecule has 0 aliphatic carbocycles. The summed E-state index contributed by atoms with van der Waals surface area (Å²) in [4.78, 5) is 15.7. The standard InChI is InChI=1S/C13H22N2O2.Y/c1-5-6-7-14-8-10-15(11-9-14)12(16)17-13(2,3)4;/h1,5,7H,6,8-11H2,2-4H3;/q-2;. The number of hydrogen-bond acceptors (Lipinski definition) is 3. The van der Waals surface area contributed by atoms with E-state index in [1.54, 1.807) is 11.0 Å². The van der Waals surface area contributed by atoms with Crippen molar-refractivity contribution in [2.45, 2.75) is 32.8 Å². The molecule has 1 aliphatic heterocycles. The molecule has 1 heterocycles. The van der Waals surface area contributed by atoms with E-state index < -0.39 is 5.60 Å². The van der Waals surface area contributed by atoms with Crippen LogP contribution in [0.15, 0.2) is 6.08 Å². The van der Waals surface area contributed by atoms with Crippen LogP contribution in [0.4, 0.5) is 4.79 Å². The van der Waals surface area contributed by atoms with Crippen LogP contribution in [0, 0.1) is 13.1 Å². The van der Waals surface area contributed by atoms with Gasteiger partial charge in [-0.05, 0) is 33.9 Å². The molecule has 0 atom stereocenters. The summed E-state index contributed by atoms with van der Waals surface area (Å²) in [5.74, 6) is 0. The second kappa shape index (κ2) is 8.29. The summed E-state index contributed by atoms with van der Waals surface area (Å²) in [7, 11) is 0. The van der Waals surface area contributed by atoms with Crippen LogP contribution in [0.1, 0.15) is 27.2 Å². The fourth-order valence-electron chi connectivity index (χ4n) is 1.62. The number of rotatable bonds is 3. The van der Waals surface area contributed by atoms with E-state index in [1.165, 1.54) is 0 Å². The maximum Gasteiger partial charge on any atom is 0.410 e. The van der Waals surface area contributed by atoms with Gasteiger partial charge in [0.05, 0.1) is 0 Å². The van der Waals surface area contributed by atoms with Crippen LogP contribution >= 0.6 is 0 Å². The summed E-state index contributed by atoms with van der Waals surface area (Å²) in [6, 6.07) is 0. The fourth-order valence-corrected chi connectivity index (χ4v) is 1.62. The van der Waals surface area contributed by atoms with Gasteiger partial charge in [0, 0.05) is 45.8 Å². The van der Waals surface area contributed by atoms with Gasteiger partial charge in [0.25, 0.3) is 0 Å². The van der Waals surface area contributed by atoms with Crippen molar-refractivity contribution in [2.24, 2.45) is 0 Å². The maximum absolute atomic E-state index is 11.8. The summed E-state index contributed by atoms with van der Waals surface area (Å²) in [5, 5.41) is 0. The van der Waals surface area contributed by atoms with Crippen molar-refractivity contribution < 1.29 is 42.2 Å². The van der Waals surface area contributed by atoms with Crippen molar-refractivity contribution in [1.82, 2.24) is 9.80 Å². The van der Waals surface area contributed by atoms with Crippen molar-refractivity contribution in [2.75, 3.05) is 26.2 Å². The minimum atomic E-state index is -0.422. The monoisotopic (exact) mass is 327 g/mol. The third-order valence-corrected chi connectivity index (χ3v) is 2.47. The smallest absolute Gasteiger partial charge is 0.410 e. The van der Waals surface area contributed by atoms with Crippen LogP contribution < -0.4 is 0 Å². The molecule has 1 aliphatic rings. The average molecular weight is 327 g/mol. The summed E-state index contributed by atoms with van der Waals surface area (Å²) in [6.45, 7) is 16.1. The van der Waals surface area contributed by atoms with Gasteiger partial charge in [-0.15, -0.1) is 0 Å². The van der Waals surface area contributed by atoms with E-state index in [2.05, 4.69) is 11.4 Å². The molecule has 0 unspecified atom stereocenters. The van der Waals surface area contributed by atoms with E-state index in [4.69, 9.17) is 11.3 Å². The van der Waals surface area contributed by atoms with E-state index >= 15 is 0 Å². The van der Waals surface area contributed by atoms with Crippen molar-refractivity contribution >= 4 is 6.09 Å². The predicted octanol–water partition coefficient (Wildman–Crippen LogP) is 2.08. The fraction of sp³-hybridized carbons (Fsp3) is 0.692. The van der Waals surface area contributed by atoms with Crippen molar-refractivity contribution in [3.05, 3.63) is 19.2 Å². The summed E-state index contributed by atoms with van der Waals surface area (Å²) in [6.07, 6.45) is 2.18. The first kappa shape index (κ1) is 18.1. The van der Waals surface area contributed by atoms with Crippen molar-refractivity contribution in [3.8, 4) is 0 Å². The zero-order valence-corrected chi connectivity index (χ0v) is 14.4. The van der Waals surface area contributed by atoms with E-state index in [-0.39, 0.29) is 38.8 Å². The molecule has 1 radical (unpaired) electrons. The van der Waals surface area contributed by atoms with Gasteiger partial charge in [-0.25, -0.2) is 4.79 Å². The Bertz CT molecular complexity index is 269. The Kier molecular flexibility index (Phi) is 8.32. The molecule has 0 aromatic heterocycles. The largest absolute Gasteiger partial charge is 0.520 e. The van der Waals surface area contributed by atoms with Crippen LogP contribution in [-0.2, 0) is 37.4 Å². The number of piperazine rings is 1. The molecular formula is C13H22N2O2Y-2. The van der Waals surface area contributed by atoms with E-state index in [1.807, 2.05) is 20.8 Å². The Balaban J connectivity index is 0.00000289. The first-order valence-electron chi connectivity index (χ1n) is 6.01. The molecule has 101 valence electrons. The van der Waals surface area contributed by atoms with E-state index in [0.717, 1.165) is 19.5 Å². The van der Waals surface area contributed by atoms with Gasteiger partial charge in [0.15, 0.2) is 0 Å². The molecule has 5 heteroatoms. The predicted molar refractivity (Wildman–Crippen MR) is 67.2 cm³/mol. The number of amides is 1. The van der Waals surface area contributed by atoms with Crippen LogP contribution in [0.3, 0.4) is 0 Å². The molecule has 0 N–H and O–H groups in total. The number of nitrogens with zero attached hydrogens (tertiary/aromatic N) is 2. The molecule has 1 fully saturated rings. The second-order valence-corrected chi connectivity index (χ2v) is 5.16. The average Bonchev–Trinajstić information content (AvgIpc) is 2.24. The van der Waals surface area contributed by atoms with Crippen molar-refractivity contribution in [1.29, 1.82) is 0 Å². The Hall–Kier alpha value is 0.0739. The van der Waals surface area contributed by atoms with Gasteiger partial charge in [-0.3, -0.25) is 6.54 Å².